The Morgan fingerprint density at radius 3 is 2.26 bits per heavy atom. The fourth-order valence-electron chi connectivity index (χ4n) is 6.25. The third kappa shape index (κ3) is 5.79. The van der Waals surface area contributed by atoms with Crippen LogP contribution in [-0.4, -0.2) is 96.4 Å². The highest BCUT2D eigenvalue weighted by molar-refractivity contribution is 5.89. The molecule has 3 aliphatic rings. The predicted octanol–water partition coefficient (Wildman–Crippen LogP) is 3.76. The molecule has 4 heterocycles. The summed E-state index contributed by atoms with van der Waals surface area (Å²) in [4.78, 5) is 31.3. The normalized spacial score (nSPS) is 19.2. The van der Waals surface area contributed by atoms with Crippen LogP contribution in [0.15, 0.2) is 48.8 Å². The number of carbonyl (C=O) groups is 1. The van der Waals surface area contributed by atoms with E-state index >= 15 is 0 Å². The maximum atomic E-state index is 13.0. The lowest BCUT2D eigenvalue weighted by atomic mass is 9.91. The second-order valence-corrected chi connectivity index (χ2v) is 10.9. The molecule has 0 radical (unpaired) electrons. The third-order valence-corrected chi connectivity index (χ3v) is 8.56. The molecule has 206 valence electrons. The summed E-state index contributed by atoms with van der Waals surface area (Å²) in [5.41, 5.74) is 5.34. The molecule has 2 amide bonds. The fourth-order valence-corrected chi connectivity index (χ4v) is 6.25. The van der Waals surface area contributed by atoms with Crippen molar-refractivity contribution in [1.82, 2.24) is 19.8 Å². The molecule has 0 bridgehead atoms. The number of rotatable bonds is 6. The van der Waals surface area contributed by atoms with Crippen molar-refractivity contribution in [2.45, 2.75) is 31.6 Å². The molecule has 2 N–H and O–H groups in total. The van der Waals surface area contributed by atoms with Crippen LogP contribution < -0.4 is 15.1 Å². The van der Waals surface area contributed by atoms with E-state index in [2.05, 4.69) is 55.3 Å². The van der Waals surface area contributed by atoms with Gasteiger partial charge in [-0.1, -0.05) is 0 Å². The minimum absolute atomic E-state index is 0.0290. The molecule has 0 aliphatic carbocycles. The van der Waals surface area contributed by atoms with Crippen molar-refractivity contribution in [1.29, 1.82) is 0 Å². The number of benzene rings is 2. The lowest BCUT2D eigenvalue weighted by molar-refractivity contribution is 0.189. The second kappa shape index (κ2) is 11.8. The van der Waals surface area contributed by atoms with Crippen molar-refractivity contribution in [2.24, 2.45) is 0 Å². The number of aromatic nitrogens is 2. The number of urea groups is 1. The number of aliphatic hydroxyl groups is 1. The van der Waals surface area contributed by atoms with Crippen molar-refractivity contribution in [3.63, 3.8) is 0 Å². The van der Waals surface area contributed by atoms with Crippen molar-refractivity contribution in [3.8, 4) is 0 Å². The number of amides is 2. The molecular formula is C30H39N7O2. The summed E-state index contributed by atoms with van der Waals surface area (Å²) in [7, 11) is 0. The van der Waals surface area contributed by atoms with Crippen LogP contribution in [0, 0.1) is 0 Å². The van der Waals surface area contributed by atoms with E-state index in [1.165, 1.54) is 24.2 Å². The number of likely N-dealkylation sites (tertiary alicyclic amines) is 1. The highest BCUT2D eigenvalue weighted by Crippen LogP contribution is 2.33. The van der Waals surface area contributed by atoms with Gasteiger partial charge >= 0.3 is 6.03 Å². The quantitative estimate of drug-likeness (QED) is 0.503. The Hall–Kier alpha value is -3.43. The SMILES string of the molecule is O=C(Nc1ccc(N2CCCC2)cc1)N1CCC(c2ncnc3cc(N4CCN(CCO)CC4)ccc23)CC1. The average molecular weight is 530 g/mol. The van der Waals surface area contributed by atoms with Gasteiger partial charge in [-0.3, -0.25) is 4.90 Å². The summed E-state index contributed by atoms with van der Waals surface area (Å²) in [5, 5.41) is 13.4. The molecule has 1 aromatic heterocycles. The smallest absolute Gasteiger partial charge is 0.321 e. The first kappa shape index (κ1) is 25.8. The monoisotopic (exact) mass is 529 g/mol. The summed E-state index contributed by atoms with van der Waals surface area (Å²) < 4.78 is 0. The maximum Gasteiger partial charge on any atom is 0.321 e. The maximum absolute atomic E-state index is 13.0. The van der Waals surface area contributed by atoms with Crippen molar-refractivity contribution in [3.05, 3.63) is 54.5 Å². The van der Waals surface area contributed by atoms with Gasteiger partial charge in [-0.05, 0) is 68.1 Å². The van der Waals surface area contributed by atoms with E-state index in [0.717, 1.165) is 80.9 Å². The van der Waals surface area contributed by atoms with Crippen LogP contribution in [0.25, 0.3) is 10.9 Å². The summed E-state index contributed by atoms with van der Waals surface area (Å²) in [5.74, 6) is 0.312. The number of anilines is 3. The largest absolute Gasteiger partial charge is 0.395 e. The van der Waals surface area contributed by atoms with Gasteiger partial charge in [0.15, 0.2) is 0 Å². The number of carbonyl (C=O) groups excluding carboxylic acids is 1. The van der Waals surface area contributed by atoms with Crippen LogP contribution in [0.5, 0.6) is 0 Å². The molecular weight excluding hydrogens is 490 g/mol. The van der Waals surface area contributed by atoms with Crippen molar-refractivity contribution >= 4 is 34.0 Å². The van der Waals surface area contributed by atoms with Crippen molar-refractivity contribution in [2.75, 3.05) is 80.6 Å². The number of nitrogens with zero attached hydrogens (tertiary/aromatic N) is 6. The first-order valence-corrected chi connectivity index (χ1v) is 14.4. The summed E-state index contributed by atoms with van der Waals surface area (Å²) in [6.07, 6.45) is 5.98. The molecule has 0 saturated carbocycles. The first-order chi connectivity index (χ1) is 19.2. The van der Waals surface area contributed by atoms with Gasteiger partial charge < -0.3 is 25.1 Å². The molecule has 9 heteroatoms. The number of piperazine rings is 1. The van der Waals surface area contributed by atoms with E-state index in [4.69, 9.17) is 4.98 Å². The third-order valence-electron chi connectivity index (χ3n) is 8.56. The molecule has 39 heavy (non-hydrogen) atoms. The van der Waals surface area contributed by atoms with Gasteiger partial charge in [0.2, 0.25) is 0 Å². The zero-order valence-electron chi connectivity index (χ0n) is 22.6. The zero-order chi connectivity index (χ0) is 26.6. The standard InChI is InChI=1S/C30H39N7O2/c38-20-19-34-15-17-36(18-16-34)26-7-8-27-28(21-26)31-22-32-29(27)23-9-13-37(14-10-23)30(39)33-24-3-5-25(6-4-24)35-11-1-2-12-35/h3-8,21-23,38H,1-2,9-20H2,(H,33,39). The zero-order valence-corrected chi connectivity index (χ0v) is 22.6. The Morgan fingerprint density at radius 2 is 1.54 bits per heavy atom. The number of hydrogen-bond acceptors (Lipinski definition) is 7. The number of fused-ring (bicyclic) bond motifs is 1. The number of piperidine rings is 1. The van der Waals surface area contributed by atoms with Gasteiger partial charge in [0.25, 0.3) is 0 Å². The predicted molar refractivity (Wildman–Crippen MR) is 156 cm³/mol. The van der Waals surface area contributed by atoms with Gasteiger partial charge in [-0.2, -0.15) is 0 Å². The summed E-state index contributed by atoms with van der Waals surface area (Å²) in [6.45, 7) is 8.45. The molecule has 6 rings (SSSR count). The fraction of sp³-hybridized carbons (Fsp3) is 0.500. The van der Waals surface area contributed by atoms with Crippen LogP contribution in [0.3, 0.4) is 0 Å². The molecule has 3 saturated heterocycles. The van der Waals surface area contributed by atoms with Gasteiger partial charge in [-0.15, -0.1) is 0 Å². The summed E-state index contributed by atoms with van der Waals surface area (Å²) in [6, 6.07) is 14.7. The Morgan fingerprint density at radius 1 is 0.846 bits per heavy atom. The highest BCUT2D eigenvalue weighted by Gasteiger charge is 2.26. The van der Waals surface area contributed by atoms with E-state index in [-0.39, 0.29) is 12.6 Å². The van der Waals surface area contributed by atoms with Crippen LogP contribution in [-0.2, 0) is 0 Å². The lowest BCUT2D eigenvalue weighted by Crippen LogP contribution is -2.47. The Labute approximate surface area is 230 Å². The van der Waals surface area contributed by atoms with E-state index in [9.17, 15) is 9.90 Å². The number of hydrogen-bond donors (Lipinski definition) is 2. The molecule has 0 atom stereocenters. The van der Waals surface area contributed by atoms with Crippen LogP contribution >= 0.6 is 0 Å². The molecule has 0 unspecified atom stereocenters. The number of β-amino-alcohol motifs (C(OH)–C–C–N with tert-alkyl or cyclic N) is 1. The van der Waals surface area contributed by atoms with Crippen LogP contribution in [0.2, 0.25) is 0 Å². The van der Waals surface area contributed by atoms with Crippen LogP contribution in [0.1, 0.15) is 37.3 Å². The van der Waals surface area contributed by atoms with Gasteiger partial charge in [-0.25, -0.2) is 14.8 Å². The Bertz CT molecular complexity index is 1260. The number of aliphatic hydroxyl groups excluding tert-OH is 1. The minimum atomic E-state index is -0.0290. The minimum Gasteiger partial charge on any atom is -0.395 e. The molecule has 3 aliphatic heterocycles. The molecule has 3 fully saturated rings. The van der Waals surface area contributed by atoms with Crippen LogP contribution in [0.4, 0.5) is 21.9 Å². The molecule has 3 aromatic rings. The lowest BCUT2D eigenvalue weighted by Gasteiger charge is -2.36. The van der Waals surface area contributed by atoms with Crippen molar-refractivity contribution < 1.29 is 9.90 Å². The second-order valence-electron chi connectivity index (χ2n) is 10.9. The van der Waals surface area contributed by atoms with Gasteiger partial charge in [0.1, 0.15) is 6.33 Å². The average Bonchev–Trinajstić information content (AvgIpc) is 3.53. The molecule has 0 spiro atoms. The summed E-state index contributed by atoms with van der Waals surface area (Å²) >= 11 is 0. The highest BCUT2D eigenvalue weighted by atomic mass is 16.3. The number of nitrogens with one attached hydrogen (secondary N) is 1. The first-order valence-electron chi connectivity index (χ1n) is 14.4. The van der Waals surface area contributed by atoms with E-state index in [1.807, 2.05) is 17.0 Å². The Balaban J connectivity index is 1.06. The van der Waals surface area contributed by atoms with E-state index < -0.39 is 0 Å². The van der Waals surface area contributed by atoms with E-state index in [1.54, 1.807) is 6.33 Å². The molecule has 9 nitrogen and oxygen atoms in total. The van der Waals surface area contributed by atoms with Gasteiger partial charge in [0, 0.05) is 87.3 Å². The van der Waals surface area contributed by atoms with Gasteiger partial charge in [0.05, 0.1) is 17.8 Å². The van der Waals surface area contributed by atoms with E-state index in [0.29, 0.717) is 19.0 Å². The topological polar surface area (TPSA) is 88.1 Å². The Kier molecular flexibility index (Phi) is 7.78. The molecule has 2 aromatic carbocycles.